The van der Waals surface area contributed by atoms with Gasteiger partial charge in [0.1, 0.15) is 0 Å². The van der Waals surface area contributed by atoms with Crippen LogP contribution in [0.2, 0.25) is 0 Å². The molecule has 0 bridgehead atoms. The molecule has 1 fully saturated rings. The van der Waals surface area contributed by atoms with Crippen LogP contribution in [0.4, 0.5) is 0 Å². The first-order chi connectivity index (χ1) is 5.29. The second-order valence-corrected chi connectivity index (χ2v) is 4.03. The molecule has 0 saturated heterocycles. The van der Waals surface area contributed by atoms with Gasteiger partial charge in [-0.25, -0.2) is 4.98 Å². The first-order valence-corrected chi connectivity index (χ1v) is 4.87. The van der Waals surface area contributed by atoms with Crippen molar-refractivity contribution in [3.63, 3.8) is 0 Å². The predicted molar refractivity (Wildman–Crippen MR) is 46.3 cm³/mol. The summed E-state index contributed by atoms with van der Waals surface area (Å²) in [5, 5.41) is 2.05. The van der Waals surface area contributed by atoms with Gasteiger partial charge in [0.05, 0.1) is 17.2 Å². The molecule has 60 valence electrons. The zero-order valence-electron chi connectivity index (χ0n) is 6.53. The largest absolute Gasteiger partial charge is 0.322 e. The van der Waals surface area contributed by atoms with Crippen LogP contribution < -0.4 is 5.73 Å². The van der Waals surface area contributed by atoms with E-state index in [1.807, 2.05) is 5.51 Å². The summed E-state index contributed by atoms with van der Waals surface area (Å²) in [4.78, 5) is 4.21. The zero-order valence-corrected chi connectivity index (χ0v) is 7.34. The van der Waals surface area contributed by atoms with Gasteiger partial charge in [-0.1, -0.05) is 6.92 Å². The van der Waals surface area contributed by atoms with E-state index in [-0.39, 0.29) is 6.04 Å². The Kier molecular flexibility index (Phi) is 1.69. The minimum absolute atomic E-state index is 0.191. The molecule has 1 aliphatic carbocycles. The van der Waals surface area contributed by atoms with Crippen LogP contribution in [0.5, 0.6) is 0 Å². The molecule has 1 aromatic heterocycles. The number of nitrogens with two attached hydrogens (primary N) is 1. The van der Waals surface area contributed by atoms with Gasteiger partial charge >= 0.3 is 0 Å². The second-order valence-electron chi connectivity index (χ2n) is 3.32. The summed E-state index contributed by atoms with van der Waals surface area (Å²) in [6.07, 6.45) is 1.28. The average molecular weight is 168 g/mol. The molecule has 2 rings (SSSR count). The Morgan fingerprint density at radius 3 is 3.00 bits per heavy atom. The van der Waals surface area contributed by atoms with Gasteiger partial charge in [-0.3, -0.25) is 0 Å². The maximum atomic E-state index is 5.98. The number of aromatic nitrogens is 1. The molecule has 2 nitrogen and oxygen atoms in total. The van der Waals surface area contributed by atoms with Crippen molar-refractivity contribution in [3.8, 4) is 0 Å². The van der Waals surface area contributed by atoms with Crippen LogP contribution in [-0.2, 0) is 0 Å². The van der Waals surface area contributed by atoms with Crippen molar-refractivity contribution in [1.82, 2.24) is 4.98 Å². The summed E-state index contributed by atoms with van der Waals surface area (Å²) >= 11 is 1.62. The number of hydrogen-bond acceptors (Lipinski definition) is 3. The summed E-state index contributed by atoms with van der Waals surface area (Å²) < 4.78 is 0. The first kappa shape index (κ1) is 7.25. The second kappa shape index (κ2) is 2.57. The molecular weight excluding hydrogens is 156 g/mol. The van der Waals surface area contributed by atoms with Gasteiger partial charge in [-0.05, 0) is 18.3 Å². The van der Waals surface area contributed by atoms with Crippen LogP contribution in [0.15, 0.2) is 10.9 Å². The fourth-order valence-electron chi connectivity index (χ4n) is 1.46. The molecule has 11 heavy (non-hydrogen) atoms. The Labute approximate surface area is 70.5 Å². The third-order valence-corrected chi connectivity index (χ3v) is 3.03. The Morgan fingerprint density at radius 2 is 2.55 bits per heavy atom. The molecule has 1 saturated carbocycles. The minimum atomic E-state index is 0.191. The summed E-state index contributed by atoms with van der Waals surface area (Å²) in [7, 11) is 0. The van der Waals surface area contributed by atoms with Crippen molar-refractivity contribution in [2.45, 2.75) is 19.4 Å². The number of nitrogens with zero attached hydrogens (tertiary/aromatic N) is 1. The molecule has 3 unspecified atom stereocenters. The van der Waals surface area contributed by atoms with Gasteiger partial charge in [0.25, 0.3) is 0 Å². The Morgan fingerprint density at radius 1 is 1.82 bits per heavy atom. The number of thiazole rings is 1. The molecule has 3 heteroatoms. The molecule has 3 atom stereocenters. The molecule has 1 aromatic rings. The molecule has 1 heterocycles. The Hall–Kier alpha value is -0.410. The highest BCUT2D eigenvalue weighted by molar-refractivity contribution is 7.07. The molecule has 0 aromatic carbocycles. The normalized spacial score (nSPS) is 31.8. The lowest BCUT2D eigenvalue weighted by Gasteiger charge is -2.05. The van der Waals surface area contributed by atoms with Crippen LogP contribution in [0.25, 0.3) is 0 Å². The summed E-state index contributed by atoms with van der Waals surface area (Å²) in [6.45, 7) is 2.25. The van der Waals surface area contributed by atoms with E-state index in [0.29, 0.717) is 5.92 Å². The van der Waals surface area contributed by atoms with E-state index >= 15 is 0 Å². The smallest absolute Gasteiger partial charge is 0.0795 e. The van der Waals surface area contributed by atoms with E-state index in [0.717, 1.165) is 11.6 Å². The highest BCUT2D eigenvalue weighted by Gasteiger charge is 2.38. The van der Waals surface area contributed by atoms with Crippen molar-refractivity contribution in [2.75, 3.05) is 0 Å². The number of hydrogen-bond donors (Lipinski definition) is 1. The lowest BCUT2D eigenvalue weighted by atomic mass is 10.1. The zero-order chi connectivity index (χ0) is 7.84. The molecule has 0 aliphatic heterocycles. The minimum Gasteiger partial charge on any atom is -0.322 e. The van der Waals surface area contributed by atoms with Gasteiger partial charge in [-0.2, -0.15) is 0 Å². The fraction of sp³-hybridized carbons (Fsp3) is 0.625. The van der Waals surface area contributed by atoms with E-state index in [4.69, 9.17) is 5.73 Å². The first-order valence-electron chi connectivity index (χ1n) is 3.92. The Bertz CT molecular complexity index is 232. The summed E-state index contributed by atoms with van der Waals surface area (Å²) in [5.74, 6) is 1.50. The molecule has 0 amide bonds. The van der Waals surface area contributed by atoms with Gasteiger partial charge in [0.2, 0.25) is 0 Å². The molecule has 2 N–H and O–H groups in total. The summed E-state index contributed by atoms with van der Waals surface area (Å²) in [6, 6.07) is 0.191. The van der Waals surface area contributed by atoms with Crippen LogP contribution >= 0.6 is 11.3 Å². The molecule has 0 radical (unpaired) electrons. The van der Waals surface area contributed by atoms with Crippen molar-refractivity contribution in [2.24, 2.45) is 17.6 Å². The molecular formula is C8H12N2S. The standard InChI is InChI=1S/C8H12N2S/c1-5-2-6(5)8(9)7-3-11-4-10-7/h3-6,8H,2,9H2,1H3. The van der Waals surface area contributed by atoms with Crippen molar-refractivity contribution in [1.29, 1.82) is 0 Å². The fourth-order valence-corrected chi connectivity index (χ4v) is 2.06. The van der Waals surface area contributed by atoms with E-state index < -0.39 is 0 Å². The van der Waals surface area contributed by atoms with Crippen molar-refractivity contribution >= 4 is 11.3 Å². The maximum Gasteiger partial charge on any atom is 0.0795 e. The molecule has 1 aliphatic rings. The monoisotopic (exact) mass is 168 g/mol. The Balaban J connectivity index is 2.06. The predicted octanol–water partition coefficient (Wildman–Crippen LogP) is 1.80. The van der Waals surface area contributed by atoms with Gasteiger partial charge in [0, 0.05) is 5.38 Å². The third kappa shape index (κ3) is 1.30. The lowest BCUT2D eigenvalue weighted by molar-refractivity contribution is 0.581. The van der Waals surface area contributed by atoms with Gasteiger partial charge in [0.15, 0.2) is 0 Å². The summed E-state index contributed by atoms with van der Waals surface area (Å²) in [5.41, 5.74) is 8.90. The highest BCUT2D eigenvalue weighted by atomic mass is 32.1. The highest BCUT2D eigenvalue weighted by Crippen LogP contribution is 2.45. The van der Waals surface area contributed by atoms with E-state index in [1.165, 1.54) is 6.42 Å². The SMILES string of the molecule is CC1CC1C(N)c1cscn1. The van der Waals surface area contributed by atoms with Gasteiger partial charge < -0.3 is 5.73 Å². The lowest BCUT2D eigenvalue weighted by Crippen LogP contribution is -2.13. The maximum absolute atomic E-state index is 5.98. The van der Waals surface area contributed by atoms with Crippen molar-refractivity contribution in [3.05, 3.63) is 16.6 Å². The molecule has 0 spiro atoms. The third-order valence-electron chi connectivity index (χ3n) is 2.43. The van der Waals surface area contributed by atoms with Crippen LogP contribution in [-0.4, -0.2) is 4.98 Å². The number of rotatable bonds is 2. The van der Waals surface area contributed by atoms with Crippen LogP contribution in [0.3, 0.4) is 0 Å². The van der Waals surface area contributed by atoms with E-state index in [2.05, 4.69) is 17.3 Å². The van der Waals surface area contributed by atoms with E-state index in [9.17, 15) is 0 Å². The van der Waals surface area contributed by atoms with Crippen LogP contribution in [0, 0.1) is 11.8 Å². The van der Waals surface area contributed by atoms with Crippen LogP contribution in [0.1, 0.15) is 25.1 Å². The quantitative estimate of drug-likeness (QED) is 0.731. The van der Waals surface area contributed by atoms with E-state index in [1.54, 1.807) is 11.3 Å². The van der Waals surface area contributed by atoms with Crippen molar-refractivity contribution < 1.29 is 0 Å². The topological polar surface area (TPSA) is 38.9 Å². The van der Waals surface area contributed by atoms with Gasteiger partial charge in [-0.15, -0.1) is 11.3 Å². The average Bonchev–Trinajstić information content (AvgIpc) is 2.56.